The Balaban J connectivity index is 3.38. The van der Waals surface area contributed by atoms with Crippen molar-refractivity contribution in [3.63, 3.8) is 0 Å². The van der Waals surface area contributed by atoms with Crippen LogP contribution in [0.5, 0.6) is 0 Å². The molecule has 0 bridgehead atoms. The summed E-state index contributed by atoms with van der Waals surface area (Å²) in [6.07, 6.45) is 19.9. The second-order valence-electron chi connectivity index (χ2n) is 5.94. The lowest BCUT2D eigenvalue weighted by atomic mass is 10.0. The van der Waals surface area contributed by atoms with Gasteiger partial charge < -0.3 is 0 Å². The predicted octanol–water partition coefficient (Wildman–Crippen LogP) is 7.15. The van der Waals surface area contributed by atoms with Crippen molar-refractivity contribution >= 4 is 7.92 Å². The highest BCUT2D eigenvalue weighted by atomic mass is 31.1. The molecule has 0 saturated heterocycles. The van der Waals surface area contributed by atoms with Crippen molar-refractivity contribution in [3.05, 3.63) is 24.8 Å². The Hall–Kier alpha value is -0.0900. The van der Waals surface area contributed by atoms with Gasteiger partial charge >= 0.3 is 0 Å². The fourth-order valence-electron chi connectivity index (χ4n) is 2.64. The fraction of sp³-hybridized carbons (Fsp3) is 0.789. The second-order valence-corrected chi connectivity index (χ2v) is 8.62. The van der Waals surface area contributed by atoms with Gasteiger partial charge in [0.1, 0.15) is 0 Å². The van der Waals surface area contributed by atoms with Gasteiger partial charge in [0.2, 0.25) is 0 Å². The smallest absolute Gasteiger partial charge is 0.0288 e. The lowest BCUT2D eigenvalue weighted by molar-refractivity contribution is 0.626. The second kappa shape index (κ2) is 15.3. The zero-order valence-corrected chi connectivity index (χ0v) is 15.0. The van der Waals surface area contributed by atoms with Crippen molar-refractivity contribution < 1.29 is 0 Å². The molecular weight excluding hydrogens is 259 g/mol. The molecule has 0 aromatic heterocycles. The molecule has 0 unspecified atom stereocenters. The van der Waals surface area contributed by atoms with E-state index in [1.54, 1.807) is 0 Å². The van der Waals surface area contributed by atoms with Crippen molar-refractivity contribution in [1.82, 2.24) is 0 Å². The molecule has 20 heavy (non-hydrogen) atoms. The largest absolute Gasteiger partial charge is 0.107 e. The van der Waals surface area contributed by atoms with Gasteiger partial charge in [-0.15, -0.1) is 14.5 Å². The summed E-state index contributed by atoms with van der Waals surface area (Å²) in [4.78, 5) is 0. The first kappa shape index (κ1) is 19.9. The number of unbranched alkanes of at least 4 members (excludes halogenated alkanes) is 4. The number of hydrogen-bond donors (Lipinski definition) is 0. The van der Waals surface area contributed by atoms with Crippen molar-refractivity contribution in [1.29, 1.82) is 0 Å². The first-order chi connectivity index (χ1) is 9.74. The van der Waals surface area contributed by atoms with Gasteiger partial charge in [0.05, 0.1) is 0 Å². The minimum absolute atomic E-state index is 0.374. The molecule has 0 aromatic rings. The molecule has 0 aliphatic rings. The SMILES string of the molecule is C=CCCC(=C)CCCCCCCP(CCC)CCC. The molecule has 0 atom stereocenters. The summed E-state index contributed by atoms with van der Waals surface area (Å²) in [6, 6.07) is 0. The average Bonchev–Trinajstić information content (AvgIpc) is 2.44. The monoisotopic (exact) mass is 296 g/mol. The predicted molar refractivity (Wildman–Crippen MR) is 98.4 cm³/mol. The highest BCUT2D eigenvalue weighted by molar-refractivity contribution is 7.57. The Labute approximate surface area is 129 Å². The highest BCUT2D eigenvalue weighted by Crippen LogP contribution is 2.38. The van der Waals surface area contributed by atoms with Gasteiger partial charge in [0.15, 0.2) is 0 Å². The molecule has 0 radical (unpaired) electrons. The number of allylic oxidation sites excluding steroid dienone is 2. The van der Waals surface area contributed by atoms with Crippen LogP contribution in [-0.4, -0.2) is 18.5 Å². The molecule has 118 valence electrons. The Kier molecular flexibility index (Phi) is 15.2. The maximum Gasteiger partial charge on any atom is -0.0288 e. The maximum absolute atomic E-state index is 4.15. The molecule has 0 spiro atoms. The lowest BCUT2D eigenvalue weighted by Gasteiger charge is -2.15. The molecule has 0 rings (SSSR count). The van der Waals surface area contributed by atoms with Crippen LogP contribution in [0.25, 0.3) is 0 Å². The van der Waals surface area contributed by atoms with Crippen LogP contribution in [0.3, 0.4) is 0 Å². The maximum atomic E-state index is 4.15. The van der Waals surface area contributed by atoms with E-state index in [1.165, 1.54) is 75.4 Å². The van der Waals surface area contributed by atoms with E-state index in [-0.39, 0.29) is 0 Å². The minimum Gasteiger partial charge on any atom is -0.107 e. The van der Waals surface area contributed by atoms with Gasteiger partial charge in [-0.3, -0.25) is 0 Å². The number of rotatable bonds is 15. The van der Waals surface area contributed by atoms with Gasteiger partial charge in [0.25, 0.3) is 0 Å². The summed E-state index contributed by atoms with van der Waals surface area (Å²) in [5.41, 5.74) is 1.42. The number of hydrogen-bond acceptors (Lipinski definition) is 0. The Morgan fingerprint density at radius 3 is 2.05 bits per heavy atom. The summed E-state index contributed by atoms with van der Waals surface area (Å²) in [5.74, 6) is 0. The van der Waals surface area contributed by atoms with Crippen molar-refractivity contribution in [2.75, 3.05) is 18.5 Å². The molecule has 0 aromatic carbocycles. The van der Waals surface area contributed by atoms with Gasteiger partial charge in [-0.05, 0) is 50.6 Å². The third-order valence-electron chi connectivity index (χ3n) is 3.79. The standard InChI is InChI=1S/C19H37P/c1-5-8-14-19(4)15-12-10-9-11-13-18-20(16-6-2)17-7-3/h5H,1,4,6-18H2,2-3H3. The quantitative estimate of drug-likeness (QED) is 0.171. The van der Waals surface area contributed by atoms with Crippen LogP contribution in [0.4, 0.5) is 0 Å². The normalized spacial score (nSPS) is 10.9. The molecule has 0 amide bonds. The Bertz CT molecular complexity index is 226. The van der Waals surface area contributed by atoms with Crippen molar-refractivity contribution in [2.45, 2.75) is 78.1 Å². The van der Waals surface area contributed by atoms with Crippen LogP contribution < -0.4 is 0 Å². The molecular formula is C19H37P. The van der Waals surface area contributed by atoms with E-state index < -0.39 is 0 Å². The van der Waals surface area contributed by atoms with E-state index >= 15 is 0 Å². The van der Waals surface area contributed by atoms with Crippen LogP contribution in [0, 0.1) is 0 Å². The molecule has 0 nitrogen and oxygen atoms in total. The molecule has 1 heteroatoms. The fourth-order valence-corrected chi connectivity index (χ4v) is 5.25. The van der Waals surface area contributed by atoms with E-state index in [9.17, 15) is 0 Å². The van der Waals surface area contributed by atoms with Gasteiger partial charge in [0, 0.05) is 0 Å². The van der Waals surface area contributed by atoms with Crippen LogP contribution in [0.2, 0.25) is 0 Å². The topological polar surface area (TPSA) is 0 Å². The van der Waals surface area contributed by atoms with E-state index in [1.807, 2.05) is 6.08 Å². The third kappa shape index (κ3) is 12.9. The highest BCUT2D eigenvalue weighted by Gasteiger charge is 2.04. The summed E-state index contributed by atoms with van der Waals surface area (Å²) in [6.45, 7) is 12.6. The lowest BCUT2D eigenvalue weighted by Crippen LogP contribution is -1.94. The Morgan fingerprint density at radius 1 is 0.850 bits per heavy atom. The van der Waals surface area contributed by atoms with Gasteiger partial charge in [-0.1, -0.05) is 64.2 Å². The molecule has 0 aliphatic heterocycles. The van der Waals surface area contributed by atoms with Crippen LogP contribution in [0.1, 0.15) is 78.1 Å². The average molecular weight is 296 g/mol. The van der Waals surface area contributed by atoms with E-state index in [0.29, 0.717) is 7.92 Å². The molecule has 0 heterocycles. The molecule has 0 fully saturated rings. The first-order valence-electron chi connectivity index (χ1n) is 8.74. The summed E-state index contributed by atoms with van der Waals surface area (Å²) < 4.78 is 0. The Morgan fingerprint density at radius 2 is 1.45 bits per heavy atom. The summed E-state index contributed by atoms with van der Waals surface area (Å²) in [7, 11) is 0.374. The molecule has 0 saturated carbocycles. The summed E-state index contributed by atoms with van der Waals surface area (Å²) >= 11 is 0. The van der Waals surface area contributed by atoms with E-state index in [2.05, 4.69) is 27.0 Å². The van der Waals surface area contributed by atoms with Crippen molar-refractivity contribution in [2.24, 2.45) is 0 Å². The molecule has 0 N–H and O–H groups in total. The van der Waals surface area contributed by atoms with Crippen molar-refractivity contribution in [3.8, 4) is 0 Å². The first-order valence-corrected chi connectivity index (χ1v) is 10.6. The zero-order chi connectivity index (χ0) is 15.1. The third-order valence-corrected chi connectivity index (χ3v) is 6.89. The van der Waals surface area contributed by atoms with E-state index in [4.69, 9.17) is 0 Å². The zero-order valence-electron chi connectivity index (χ0n) is 14.1. The van der Waals surface area contributed by atoms with Crippen LogP contribution in [-0.2, 0) is 0 Å². The van der Waals surface area contributed by atoms with Crippen LogP contribution >= 0.6 is 7.92 Å². The summed E-state index contributed by atoms with van der Waals surface area (Å²) in [5, 5.41) is 0. The van der Waals surface area contributed by atoms with Gasteiger partial charge in [-0.2, -0.15) is 0 Å². The molecule has 0 aliphatic carbocycles. The van der Waals surface area contributed by atoms with Crippen LogP contribution in [0.15, 0.2) is 24.8 Å². The minimum atomic E-state index is 0.374. The van der Waals surface area contributed by atoms with E-state index in [0.717, 1.165) is 12.8 Å². The van der Waals surface area contributed by atoms with Gasteiger partial charge in [-0.25, -0.2) is 0 Å².